The van der Waals surface area contributed by atoms with Gasteiger partial charge in [0, 0.05) is 18.3 Å². The molecule has 0 amide bonds. The van der Waals surface area contributed by atoms with E-state index in [1.807, 2.05) is 0 Å². The van der Waals surface area contributed by atoms with Gasteiger partial charge in [0.05, 0.1) is 18.9 Å². The van der Waals surface area contributed by atoms with E-state index < -0.39 is 0 Å². The van der Waals surface area contributed by atoms with Gasteiger partial charge in [0.2, 0.25) is 0 Å². The van der Waals surface area contributed by atoms with Crippen molar-refractivity contribution in [2.24, 2.45) is 0 Å². The number of benzene rings is 2. The molecule has 4 rings (SSSR count). The summed E-state index contributed by atoms with van der Waals surface area (Å²) in [4.78, 5) is 3.31. The van der Waals surface area contributed by atoms with Gasteiger partial charge in [-0.05, 0) is 24.6 Å². The van der Waals surface area contributed by atoms with E-state index in [4.69, 9.17) is 4.74 Å². The summed E-state index contributed by atoms with van der Waals surface area (Å²) in [5.41, 5.74) is 5.53. The molecule has 4 heteroatoms. The highest BCUT2D eigenvalue weighted by molar-refractivity contribution is 5.23. The zero-order valence-electron chi connectivity index (χ0n) is 18.1. The second kappa shape index (κ2) is 10.6. The summed E-state index contributed by atoms with van der Waals surface area (Å²) in [6, 6.07) is 24.3. The first-order valence-corrected chi connectivity index (χ1v) is 11.2. The van der Waals surface area contributed by atoms with Crippen molar-refractivity contribution < 1.29 is 14.5 Å². The van der Waals surface area contributed by atoms with E-state index in [0.717, 1.165) is 45.9 Å². The first-order chi connectivity index (χ1) is 14.8. The van der Waals surface area contributed by atoms with Crippen LogP contribution in [0.5, 0.6) is 0 Å². The molecule has 3 aromatic rings. The monoisotopic (exact) mass is 405 g/mol. The molecule has 1 unspecified atom stereocenters. The maximum absolute atomic E-state index is 5.54. The summed E-state index contributed by atoms with van der Waals surface area (Å²) in [5, 5.41) is 0. The smallest absolute Gasteiger partial charge is 0.127 e. The van der Waals surface area contributed by atoms with E-state index in [-0.39, 0.29) is 0 Å². The summed E-state index contributed by atoms with van der Waals surface area (Å²) < 4.78 is 7.96. The third-order valence-electron chi connectivity index (χ3n) is 6.12. The maximum atomic E-state index is 5.54. The average Bonchev–Trinajstić information content (AvgIpc) is 3.20. The van der Waals surface area contributed by atoms with Crippen molar-refractivity contribution in [2.45, 2.75) is 26.6 Å². The van der Waals surface area contributed by atoms with Gasteiger partial charge < -0.3 is 19.1 Å². The molecule has 1 aliphatic heterocycles. The molecular formula is C26H35N3O+2. The quantitative estimate of drug-likeness (QED) is 0.551. The van der Waals surface area contributed by atoms with Crippen LogP contribution < -0.4 is 9.80 Å². The number of quaternary nitrogens is 2. The highest BCUT2D eigenvalue weighted by Gasteiger charge is 2.19. The van der Waals surface area contributed by atoms with E-state index in [2.05, 4.69) is 84.4 Å². The minimum atomic E-state index is 0.905. The summed E-state index contributed by atoms with van der Waals surface area (Å²) in [7, 11) is 0. The SMILES string of the molecule is Cc1cccc(Cn2cccc2C[NH+](CC[NH+]2CCOCC2)Cc2ccccc2)c1. The minimum absolute atomic E-state index is 0.905. The van der Waals surface area contributed by atoms with Crippen molar-refractivity contribution in [3.05, 3.63) is 95.3 Å². The fourth-order valence-corrected chi connectivity index (χ4v) is 4.41. The van der Waals surface area contributed by atoms with Gasteiger partial charge in [-0.3, -0.25) is 0 Å². The number of morpholine rings is 1. The van der Waals surface area contributed by atoms with Crippen LogP contribution >= 0.6 is 0 Å². The van der Waals surface area contributed by atoms with Crippen LogP contribution in [0.15, 0.2) is 72.9 Å². The van der Waals surface area contributed by atoms with Gasteiger partial charge in [0.15, 0.2) is 0 Å². The zero-order valence-corrected chi connectivity index (χ0v) is 18.1. The highest BCUT2D eigenvalue weighted by atomic mass is 16.5. The Hall–Kier alpha value is -2.40. The molecule has 1 saturated heterocycles. The molecular weight excluding hydrogens is 370 g/mol. The zero-order chi connectivity index (χ0) is 20.6. The number of hydrogen-bond acceptors (Lipinski definition) is 1. The number of hydrogen-bond donors (Lipinski definition) is 2. The minimum Gasteiger partial charge on any atom is -0.370 e. The molecule has 1 aromatic heterocycles. The molecule has 30 heavy (non-hydrogen) atoms. The Morgan fingerprint density at radius 1 is 0.900 bits per heavy atom. The third-order valence-corrected chi connectivity index (χ3v) is 6.12. The molecule has 0 spiro atoms. The van der Waals surface area contributed by atoms with Crippen molar-refractivity contribution in [1.29, 1.82) is 0 Å². The Morgan fingerprint density at radius 3 is 2.50 bits per heavy atom. The van der Waals surface area contributed by atoms with Crippen molar-refractivity contribution >= 4 is 0 Å². The average molecular weight is 406 g/mol. The van der Waals surface area contributed by atoms with E-state index in [9.17, 15) is 0 Å². The van der Waals surface area contributed by atoms with E-state index in [0.29, 0.717) is 0 Å². The molecule has 1 aliphatic rings. The largest absolute Gasteiger partial charge is 0.370 e. The van der Waals surface area contributed by atoms with Crippen LogP contribution in [0.2, 0.25) is 0 Å². The van der Waals surface area contributed by atoms with Crippen LogP contribution in [-0.2, 0) is 24.4 Å². The number of ether oxygens (including phenoxy) is 1. The molecule has 2 aromatic carbocycles. The molecule has 1 atom stereocenters. The van der Waals surface area contributed by atoms with Gasteiger partial charge in [-0.15, -0.1) is 0 Å². The van der Waals surface area contributed by atoms with Gasteiger partial charge in [-0.25, -0.2) is 0 Å². The predicted octanol–water partition coefficient (Wildman–Crippen LogP) is 1.35. The molecule has 0 radical (unpaired) electrons. The Bertz CT molecular complexity index is 899. The van der Waals surface area contributed by atoms with Crippen LogP contribution in [0, 0.1) is 6.92 Å². The number of aromatic nitrogens is 1. The lowest BCUT2D eigenvalue weighted by molar-refractivity contribution is -0.975. The first-order valence-electron chi connectivity index (χ1n) is 11.2. The standard InChI is InChI=1S/C26H33N3O/c1-23-7-5-10-25(19-23)21-29-12-6-11-26(29)22-28(20-24-8-3-2-4-9-24)14-13-27-15-17-30-18-16-27/h2-12,19H,13-18,20-22H2,1H3/p+2. The van der Waals surface area contributed by atoms with Gasteiger partial charge in [0.25, 0.3) is 0 Å². The lowest BCUT2D eigenvalue weighted by Crippen LogP contribution is -3.20. The molecule has 158 valence electrons. The van der Waals surface area contributed by atoms with Crippen molar-refractivity contribution in [1.82, 2.24) is 4.57 Å². The van der Waals surface area contributed by atoms with Crippen LogP contribution in [0.4, 0.5) is 0 Å². The topological polar surface area (TPSA) is 23.0 Å². The molecule has 1 fully saturated rings. The Labute approximate surface area is 180 Å². The van der Waals surface area contributed by atoms with E-state index in [1.54, 1.807) is 9.80 Å². The van der Waals surface area contributed by atoms with E-state index in [1.165, 1.54) is 35.5 Å². The molecule has 0 saturated carbocycles. The van der Waals surface area contributed by atoms with Gasteiger partial charge in [0.1, 0.15) is 39.3 Å². The fraction of sp³-hybridized carbons (Fsp3) is 0.385. The maximum Gasteiger partial charge on any atom is 0.127 e. The number of nitrogens with zero attached hydrogens (tertiary/aromatic N) is 1. The van der Waals surface area contributed by atoms with Crippen LogP contribution in [0.3, 0.4) is 0 Å². The molecule has 2 heterocycles. The van der Waals surface area contributed by atoms with Crippen LogP contribution in [-0.4, -0.2) is 44.0 Å². The number of aryl methyl sites for hydroxylation is 1. The number of rotatable bonds is 9. The molecule has 0 aliphatic carbocycles. The second-order valence-corrected chi connectivity index (χ2v) is 8.57. The Kier molecular flexibility index (Phi) is 7.35. The summed E-state index contributed by atoms with van der Waals surface area (Å²) in [6.45, 7) is 11.7. The predicted molar refractivity (Wildman–Crippen MR) is 121 cm³/mol. The lowest BCUT2D eigenvalue weighted by Gasteiger charge is -2.26. The summed E-state index contributed by atoms with van der Waals surface area (Å²) in [6.07, 6.45) is 2.23. The second-order valence-electron chi connectivity index (χ2n) is 8.57. The van der Waals surface area contributed by atoms with Crippen LogP contribution in [0.25, 0.3) is 0 Å². The van der Waals surface area contributed by atoms with Crippen molar-refractivity contribution in [2.75, 3.05) is 39.4 Å². The third kappa shape index (κ3) is 6.05. The van der Waals surface area contributed by atoms with Crippen molar-refractivity contribution in [3.8, 4) is 0 Å². The molecule has 4 nitrogen and oxygen atoms in total. The molecule has 0 bridgehead atoms. The van der Waals surface area contributed by atoms with E-state index >= 15 is 0 Å². The normalized spacial score (nSPS) is 15.9. The lowest BCUT2D eigenvalue weighted by atomic mass is 10.1. The Morgan fingerprint density at radius 2 is 1.70 bits per heavy atom. The summed E-state index contributed by atoms with van der Waals surface area (Å²) in [5.74, 6) is 0. The van der Waals surface area contributed by atoms with Gasteiger partial charge in [-0.1, -0.05) is 60.2 Å². The highest BCUT2D eigenvalue weighted by Crippen LogP contribution is 2.09. The fourth-order valence-electron chi connectivity index (χ4n) is 4.41. The van der Waals surface area contributed by atoms with Gasteiger partial charge >= 0.3 is 0 Å². The number of nitrogens with one attached hydrogen (secondary N) is 2. The van der Waals surface area contributed by atoms with Crippen molar-refractivity contribution in [3.63, 3.8) is 0 Å². The molecule has 2 N–H and O–H groups in total. The Balaban J connectivity index is 1.44. The first kappa shape index (κ1) is 20.9. The summed E-state index contributed by atoms with van der Waals surface area (Å²) >= 11 is 0. The van der Waals surface area contributed by atoms with Gasteiger partial charge in [-0.2, -0.15) is 0 Å². The van der Waals surface area contributed by atoms with Crippen LogP contribution in [0.1, 0.15) is 22.4 Å².